The zero-order valence-electron chi connectivity index (χ0n) is 14.1. The molecule has 0 saturated carbocycles. The van der Waals surface area contributed by atoms with Crippen LogP contribution in [0, 0.1) is 11.7 Å². The molecule has 0 radical (unpaired) electrons. The van der Waals surface area contributed by atoms with E-state index in [0.717, 1.165) is 24.8 Å². The number of nitrogens with two attached hydrogens (primary N) is 1. The Morgan fingerprint density at radius 1 is 1.46 bits per heavy atom. The Morgan fingerprint density at radius 2 is 2.25 bits per heavy atom. The summed E-state index contributed by atoms with van der Waals surface area (Å²) in [6.07, 6.45) is 3.61. The van der Waals surface area contributed by atoms with E-state index in [0.29, 0.717) is 25.9 Å². The SMILES string of the molecule is C[C@@H](CCc1cccc(F)c1)NC(=O)N1CCC[C@H](CC(N)=O)C1. The second kappa shape index (κ2) is 8.66. The fourth-order valence-corrected chi connectivity index (χ4v) is 3.15. The Bertz CT molecular complexity index is 579. The molecule has 2 rings (SSSR count). The Labute approximate surface area is 142 Å². The Kier molecular flexibility index (Phi) is 6.58. The minimum absolute atomic E-state index is 0.00251. The van der Waals surface area contributed by atoms with Crippen molar-refractivity contribution < 1.29 is 14.0 Å². The van der Waals surface area contributed by atoms with Gasteiger partial charge in [-0.3, -0.25) is 4.79 Å². The minimum Gasteiger partial charge on any atom is -0.370 e. The molecule has 1 saturated heterocycles. The molecule has 2 atom stereocenters. The first-order chi connectivity index (χ1) is 11.4. The predicted octanol–water partition coefficient (Wildman–Crippen LogP) is 2.44. The maximum Gasteiger partial charge on any atom is 0.317 e. The lowest BCUT2D eigenvalue weighted by molar-refractivity contribution is -0.119. The van der Waals surface area contributed by atoms with Crippen LogP contribution in [0.25, 0.3) is 0 Å². The number of likely N-dealkylation sites (tertiary alicyclic amines) is 1. The molecule has 0 spiro atoms. The molecule has 1 aromatic rings. The van der Waals surface area contributed by atoms with Gasteiger partial charge >= 0.3 is 6.03 Å². The molecular weight excluding hydrogens is 309 g/mol. The Balaban J connectivity index is 1.77. The average molecular weight is 335 g/mol. The van der Waals surface area contributed by atoms with Crippen molar-refractivity contribution in [2.75, 3.05) is 13.1 Å². The first-order valence-electron chi connectivity index (χ1n) is 8.52. The smallest absolute Gasteiger partial charge is 0.317 e. The number of hydrogen-bond donors (Lipinski definition) is 2. The lowest BCUT2D eigenvalue weighted by atomic mass is 9.95. The van der Waals surface area contributed by atoms with Crippen molar-refractivity contribution in [3.63, 3.8) is 0 Å². The molecule has 1 aromatic carbocycles. The summed E-state index contributed by atoms with van der Waals surface area (Å²) in [7, 11) is 0. The van der Waals surface area contributed by atoms with Gasteiger partial charge < -0.3 is 16.0 Å². The Hall–Kier alpha value is -2.11. The molecule has 0 aromatic heterocycles. The second-order valence-corrected chi connectivity index (χ2v) is 6.64. The van der Waals surface area contributed by atoms with E-state index in [4.69, 9.17) is 5.73 Å². The monoisotopic (exact) mass is 335 g/mol. The summed E-state index contributed by atoms with van der Waals surface area (Å²) in [5.74, 6) is -0.395. The first-order valence-corrected chi connectivity index (χ1v) is 8.52. The van der Waals surface area contributed by atoms with Gasteiger partial charge in [0.2, 0.25) is 5.91 Å². The highest BCUT2D eigenvalue weighted by atomic mass is 19.1. The Morgan fingerprint density at radius 3 is 2.96 bits per heavy atom. The number of carbonyl (C=O) groups is 2. The summed E-state index contributed by atoms with van der Waals surface area (Å²) < 4.78 is 13.2. The molecule has 24 heavy (non-hydrogen) atoms. The third-order valence-electron chi connectivity index (χ3n) is 4.42. The van der Waals surface area contributed by atoms with Gasteiger partial charge in [0.05, 0.1) is 0 Å². The summed E-state index contributed by atoms with van der Waals surface area (Å²) in [6.45, 7) is 3.23. The van der Waals surface area contributed by atoms with E-state index in [1.54, 1.807) is 11.0 Å². The number of nitrogens with zero attached hydrogens (tertiary/aromatic N) is 1. The van der Waals surface area contributed by atoms with E-state index in [2.05, 4.69) is 5.32 Å². The van der Waals surface area contributed by atoms with Crippen molar-refractivity contribution in [1.29, 1.82) is 0 Å². The number of amides is 3. The van der Waals surface area contributed by atoms with E-state index in [1.807, 2.05) is 13.0 Å². The number of urea groups is 1. The van der Waals surface area contributed by atoms with E-state index >= 15 is 0 Å². The molecule has 3 amide bonds. The fraction of sp³-hybridized carbons (Fsp3) is 0.556. The van der Waals surface area contributed by atoms with Crippen LogP contribution in [0.4, 0.5) is 9.18 Å². The van der Waals surface area contributed by atoms with E-state index in [1.165, 1.54) is 12.1 Å². The normalized spacial score (nSPS) is 18.9. The zero-order valence-corrected chi connectivity index (χ0v) is 14.1. The molecular formula is C18H26FN3O2. The number of piperidine rings is 1. The summed E-state index contributed by atoms with van der Waals surface area (Å²) in [5.41, 5.74) is 6.17. The molecule has 6 heteroatoms. The first kappa shape index (κ1) is 18.2. The van der Waals surface area contributed by atoms with Crippen molar-refractivity contribution in [1.82, 2.24) is 10.2 Å². The summed E-state index contributed by atoms with van der Waals surface area (Å²) >= 11 is 0. The number of halogens is 1. The van der Waals surface area contributed by atoms with Crippen LogP contribution >= 0.6 is 0 Å². The van der Waals surface area contributed by atoms with Crippen LogP contribution in [0.5, 0.6) is 0 Å². The molecule has 0 aliphatic carbocycles. The largest absolute Gasteiger partial charge is 0.370 e. The summed E-state index contributed by atoms with van der Waals surface area (Å²) in [6, 6.07) is 6.42. The summed E-state index contributed by atoms with van der Waals surface area (Å²) in [4.78, 5) is 25.1. The van der Waals surface area contributed by atoms with Crippen molar-refractivity contribution in [2.24, 2.45) is 11.7 Å². The van der Waals surface area contributed by atoms with Crippen LogP contribution in [0.15, 0.2) is 24.3 Å². The van der Waals surface area contributed by atoms with Gasteiger partial charge in [-0.15, -0.1) is 0 Å². The highest BCUT2D eigenvalue weighted by Gasteiger charge is 2.25. The van der Waals surface area contributed by atoms with Gasteiger partial charge in [0.1, 0.15) is 5.82 Å². The molecule has 1 aliphatic rings. The number of rotatable bonds is 6. The van der Waals surface area contributed by atoms with Gasteiger partial charge in [-0.05, 0) is 56.2 Å². The second-order valence-electron chi connectivity index (χ2n) is 6.64. The van der Waals surface area contributed by atoms with Crippen molar-refractivity contribution in [3.05, 3.63) is 35.6 Å². The topological polar surface area (TPSA) is 75.4 Å². The van der Waals surface area contributed by atoms with Crippen LogP contribution in [0.1, 0.15) is 38.2 Å². The van der Waals surface area contributed by atoms with Gasteiger partial charge in [0, 0.05) is 25.6 Å². The van der Waals surface area contributed by atoms with Gasteiger partial charge in [0.25, 0.3) is 0 Å². The van der Waals surface area contributed by atoms with Gasteiger partial charge in [-0.25, -0.2) is 9.18 Å². The molecule has 3 N–H and O–H groups in total. The van der Waals surface area contributed by atoms with E-state index in [9.17, 15) is 14.0 Å². The third kappa shape index (κ3) is 5.83. The zero-order chi connectivity index (χ0) is 17.5. The lowest BCUT2D eigenvalue weighted by Gasteiger charge is -2.33. The van der Waals surface area contributed by atoms with Gasteiger partial charge in [-0.2, -0.15) is 0 Å². The average Bonchev–Trinajstić information content (AvgIpc) is 2.52. The number of hydrogen-bond acceptors (Lipinski definition) is 2. The molecule has 5 nitrogen and oxygen atoms in total. The molecule has 1 fully saturated rings. The maximum absolute atomic E-state index is 13.2. The van der Waals surface area contributed by atoms with Crippen LogP contribution in [0.2, 0.25) is 0 Å². The van der Waals surface area contributed by atoms with E-state index < -0.39 is 0 Å². The molecule has 132 valence electrons. The number of benzene rings is 1. The summed E-state index contributed by atoms with van der Waals surface area (Å²) in [5, 5.41) is 2.99. The molecule has 1 aliphatic heterocycles. The molecule has 0 bridgehead atoms. The highest BCUT2D eigenvalue weighted by molar-refractivity contribution is 5.75. The van der Waals surface area contributed by atoms with Crippen molar-refractivity contribution >= 4 is 11.9 Å². The van der Waals surface area contributed by atoms with Crippen LogP contribution in [-0.4, -0.2) is 36.0 Å². The quantitative estimate of drug-likeness (QED) is 0.838. The number of nitrogens with one attached hydrogen (secondary N) is 1. The predicted molar refractivity (Wildman–Crippen MR) is 90.8 cm³/mol. The van der Waals surface area contributed by atoms with Crippen molar-refractivity contribution in [2.45, 2.75) is 45.1 Å². The van der Waals surface area contributed by atoms with E-state index in [-0.39, 0.29) is 29.7 Å². The number of carbonyl (C=O) groups excluding carboxylic acids is 2. The molecule has 1 heterocycles. The molecule has 0 unspecified atom stereocenters. The third-order valence-corrected chi connectivity index (χ3v) is 4.42. The highest BCUT2D eigenvalue weighted by Crippen LogP contribution is 2.19. The van der Waals surface area contributed by atoms with Gasteiger partial charge in [-0.1, -0.05) is 12.1 Å². The van der Waals surface area contributed by atoms with Crippen LogP contribution in [0.3, 0.4) is 0 Å². The fourth-order valence-electron chi connectivity index (χ4n) is 3.15. The number of aryl methyl sites for hydroxylation is 1. The van der Waals surface area contributed by atoms with Crippen LogP contribution < -0.4 is 11.1 Å². The minimum atomic E-state index is -0.314. The van der Waals surface area contributed by atoms with Crippen molar-refractivity contribution in [3.8, 4) is 0 Å². The number of primary amides is 1. The van der Waals surface area contributed by atoms with Crippen LogP contribution in [-0.2, 0) is 11.2 Å². The van der Waals surface area contributed by atoms with Gasteiger partial charge in [0.15, 0.2) is 0 Å². The standard InChI is InChI=1S/C18H26FN3O2/c1-13(7-8-14-4-2-6-16(19)10-14)21-18(24)22-9-3-5-15(12-22)11-17(20)23/h2,4,6,10,13,15H,3,5,7-9,11-12H2,1H3,(H2,20,23)(H,21,24)/t13-,15+/m0/s1. The lowest BCUT2D eigenvalue weighted by Crippen LogP contribution is -2.48. The maximum atomic E-state index is 13.2.